The van der Waals surface area contributed by atoms with Gasteiger partial charge in [-0.2, -0.15) is 5.26 Å². The molecule has 54 valence electrons. The zero-order chi connectivity index (χ0) is 7.24. The van der Waals surface area contributed by atoms with Crippen molar-refractivity contribution in [3.8, 4) is 6.07 Å². The highest BCUT2D eigenvalue weighted by Crippen LogP contribution is 2.65. The van der Waals surface area contributed by atoms with Crippen molar-refractivity contribution < 1.29 is 0 Å². The van der Waals surface area contributed by atoms with Gasteiger partial charge in [0.05, 0.1) is 11.5 Å². The fourth-order valence-corrected chi connectivity index (χ4v) is 2.05. The molecule has 0 atom stereocenters. The van der Waals surface area contributed by atoms with Crippen LogP contribution in [0.3, 0.4) is 0 Å². The van der Waals surface area contributed by atoms with Gasteiger partial charge in [-0.3, -0.25) is 0 Å². The van der Waals surface area contributed by atoms with Gasteiger partial charge in [0.25, 0.3) is 0 Å². The fraction of sp³-hybridized carbons (Fsp3) is 0.889. The van der Waals surface area contributed by atoms with Crippen LogP contribution in [0.5, 0.6) is 0 Å². The third-order valence-corrected chi connectivity index (χ3v) is 3.58. The highest BCUT2D eigenvalue weighted by molar-refractivity contribution is 5.18. The molecule has 0 unspecified atom stereocenters. The van der Waals surface area contributed by atoms with Gasteiger partial charge in [-0.05, 0) is 31.1 Å². The first-order valence-corrected chi connectivity index (χ1v) is 4.14. The zero-order valence-corrected chi connectivity index (χ0v) is 6.48. The summed E-state index contributed by atoms with van der Waals surface area (Å²) in [6.45, 7) is 2.27. The molecule has 0 N–H and O–H groups in total. The van der Waals surface area contributed by atoms with Gasteiger partial charge in [-0.15, -0.1) is 0 Å². The number of hydrogen-bond acceptors (Lipinski definition) is 1. The Morgan fingerprint density at radius 2 is 1.80 bits per heavy atom. The van der Waals surface area contributed by atoms with E-state index in [4.69, 9.17) is 5.26 Å². The minimum Gasteiger partial charge on any atom is -0.198 e. The molecule has 0 aliphatic heterocycles. The van der Waals surface area contributed by atoms with E-state index < -0.39 is 0 Å². The number of rotatable bonds is 1. The van der Waals surface area contributed by atoms with Crippen LogP contribution in [0.4, 0.5) is 0 Å². The topological polar surface area (TPSA) is 23.8 Å². The summed E-state index contributed by atoms with van der Waals surface area (Å²) in [5.74, 6) is 0. The maximum atomic E-state index is 8.96. The van der Waals surface area contributed by atoms with Crippen LogP contribution in [0.1, 0.15) is 39.0 Å². The molecule has 2 rings (SSSR count). The Kier molecular flexibility index (Phi) is 0.968. The summed E-state index contributed by atoms with van der Waals surface area (Å²) in [7, 11) is 0. The lowest BCUT2D eigenvalue weighted by Crippen LogP contribution is -2.35. The Labute approximate surface area is 62.0 Å². The zero-order valence-electron chi connectivity index (χ0n) is 6.48. The quantitative estimate of drug-likeness (QED) is 0.542. The van der Waals surface area contributed by atoms with Crippen LogP contribution in [0.15, 0.2) is 0 Å². The van der Waals surface area contributed by atoms with Crippen molar-refractivity contribution in [1.82, 2.24) is 0 Å². The average molecular weight is 135 g/mol. The van der Waals surface area contributed by atoms with Gasteiger partial charge in [0.2, 0.25) is 0 Å². The number of hydrogen-bond donors (Lipinski definition) is 0. The van der Waals surface area contributed by atoms with E-state index in [-0.39, 0.29) is 5.41 Å². The van der Waals surface area contributed by atoms with E-state index in [1.165, 1.54) is 32.1 Å². The molecule has 0 heterocycles. The molecule has 1 heteroatoms. The second-order valence-electron chi connectivity index (χ2n) is 4.11. The monoisotopic (exact) mass is 135 g/mol. The van der Waals surface area contributed by atoms with Crippen molar-refractivity contribution in [1.29, 1.82) is 5.26 Å². The summed E-state index contributed by atoms with van der Waals surface area (Å²) in [6.07, 6.45) is 6.20. The van der Waals surface area contributed by atoms with Gasteiger partial charge < -0.3 is 0 Å². The number of nitrogens with zero attached hydrogens (tertiary/aromatic N) is 1. The van der Waals surface area contributed by atoms with Crippen LogP contribution in [-0.4, -0.2) is 0 Å². The third-order valence-electron chi connectivity index (χ3n) is 3.58. The maximum absolute atomic E-state index is 8.96. The van der Waals surface area contributed by atoms with Gasteiger partial charge in [0, 0.05) is 0 Å². The van der Waals surface area contributed by atoms with Crippen LogP contribution in [0, 0.1) is 22.2 Å². The molecule has 0 saturated heterocycles. The van der Waals surface area contributed by atoms with E-state index >= 15 is 0 Å². The van der Waals surface area contributed by atoms with Crippen molar-refractivity contribution >= 4 is 0 Å². The molecule has 0 spiro atoms. The van der Waals surface area contributed by atoms with Crippen molar-refractivity contribution in [3.05, 3.63) is 0 Å². The summed E-state index contributed by atoms with van der Waals surface area (Å²) in [5, 5.41) is 8.96. The van der Waals surface area contributed by atoms with Gasteiger partial charge in [-0.1, -0.05) is 13.3 Å². The largest absolute Gasteiger partial charge is 0.198 e. The van der Waals surface area contributed by atoms with Crippen LogP contribution < -0.4 is 0 Å². The first-order chi connectivity index (χ1) is 4.72. The highest BCUT2D eigenvalue weighted by atomic mass is 14.6. The molecule has 2 aliphatic rings. The average Bonchev–Trinajstić information content (AvgIpc) is 2.47. The van der Waals surface area contributed by atoms with E-state index in [2.05, 4.69) is 13.0 Å². The molecule has 0 aromatic heterocycles. The predicted molar refractivity (Wildman–Crippen MR) is 39.2 cm³/mol. The molecule has 1 nitrogen and oxygen atoms in total. The van der Waals surface area contributed by atoms with Crippen LogP contribution in [0.25, 0.3) is 0 Å². The molecule has 0 aromatic rings. The maximum Gasteiger partial charge on any atom is 0.0695 e. The van der Waals surface area contributed by atoms with E-state index in [1.807, 2.05) is 0 Å². The molecule has 10 heavy (non-hydrogen) atoms. The summed E-state index contributed by atoms with van der Waals surface area (Å²) in [6, 6.07) is 2.52. The Morgan fingerprint density at radius 1 is 1.20 bits per heavy atom. The van der Waals surface area contributed by atoms with Crippen molar-refractivity contribution in [3.63, 3.8) is 0 Å². The summed E-state index contributed by atoms with van der Waals surface area (Å²) >= 11 is 0. The fourth-order valence-electron chi connectivity index (χ4n) is 2.05. The van der Waals surface area contributed by atoms with E-state index in [1.54, 1.807) is 0 Å². The first-order valence-electron chi connectivity index (χ1n) is 4.14. The first kappa shape index (κ1) is 6.22. The standard InChI is InChI=1S/C9H13N/c1-8(5-6-8)9(7-10)3-2-4-9/h2-6H2,1H3. The highest BCUT2D eigenvalue weighted by Gasteiger charge is 2.58. The minimum atomic E-state index is 0.118. The van der Waals surface area contributed by atoms with Gasteiger partial charge in [0.1, 0.15) is 0 Å². The smallest absolute Gasteiger partial charge is 0.0695 e. The Bertz CT molecular complexity index is 191. The van der Waals surface area contributed by atoms with Gasteiger partial charge >= 0.3 is 0 Å². The predicted octanol–water partition coefficient (Wildman–Crippen LogP) is 2.48. The van der Waals surface area contributed by atoms with E-state index in [0.29, 0.717) is 5.41 Å². The summed E-state index contributed by atoms with van der Waals surface area (Å²) in [4.78, 5) is 0. The molecule has 0 radical (unpaired) electrons. The molecule has 2 aliphatic carbocycles. The van der Waals surface area contributed by atoms with E-state index in [9.17, 15) is 0 Å². The molecular formula is C9H13N. The molecule has 2 fully saturated rings. The Hall–Kier alpha value is -0.510. The molecule has 2 saturated carbocycles. The summed E-state index contributed by atoms with van der Waals surface area (Å²) < 4.78 is 0. The van der Waals surface area contributed by atoms with E-state index in [0.717, 1.165) is 0 Å². The summed E-state index contributed by atoms with van der Waals surface area (Å²) in [5.41, 5.74) is 0.549. The SMILES string of the molecule is CC1(C2(C#N)CCC2)CC1. The van der Waals surface area contributed by atoms with Crippen molar-refractivity contribution in [2.75, 3.05) is 0 Å². The van der Waals surface area contributed by atoms with Crippen molar-refractivity contribution in [2.24, 2.45) is 10.8 Å². The minimum absolute atomic E-state index is 0.118. The lowest BCUT2D eigenvalue weighted by atomic mass is 9.60. The van der Waals surface area contributed by atoms with Gasteiger partial charge in [-0.25, -0.2) is 0 Å². The van der Waals surface area contributed by atoms with Crippen LogP contribution >= 0.6 is 0 Å². The Balaban J connectivity index is 2.21. The van der Waals surface area contributed by atoms with Crippen LogP contribution in [0.2, 0.25) is 0 Å². The molecule has 0 amide bonds. The second-order valence-corrected chi connectivity index (χ2v) is 4.11. The lowest BCUT2D eigenvalue weighted by molar-refractivity contribution is 0.111. The third kappa shape index (κ3) is 0.526. The Morgan fingerprint density at radius 3 is 1.90 bits per heavy atom. The normalized spacial score (nSPS) is 32.0. The lowest BCUT2D eigenvalue weighted by Gasteiger charge is -2.41. The van der Waals surface area contributed by atoms with Gasteiger partial charge in [0.15, 0.2) is 0 Å². The molecule has 0 aromatic carbocycles. The second kappa shape index (κ2) is 1.56. The molecule has 0 bridgehead atoms. The molecular weight excluding hydrogens is 122 g/mol. The number of nitriles is 1. The van der Waals surface area contributed by atoms with Crippen LogP contribution in [-0.2, 0) is 0 Å². The van der Waals surface area contributed by atoms with Crippen molar-refractivity contribution in [2.45, 2.75) is 39.0 Å².